The monoisotopic (exact) mass is 455 g/mol. The number of hydrogen-bond donors (Lipinski definition) is 1. The molecule has 3 heterocycles. The minimum absolute atomic E-state index is 0.202. The van der Waals surface area contributed by atoms with E-state index < -0.39 is 35.7 Å². The van der Waals surface area contributed by atoms with E-state index in [4.69, 9.17) is 0 Å². The summed E-state index contributed by atoms with van der Waals surface area (Å²) in [5, 5.41) is 5.97. The van der Waals surface area contributed by atoms with Crippen LogP contribution in [0.25, 0.3) is 11.3 Å². The summed E-state index contributed by atoms with van der Waals surface area (Å²) in [6.07, 6.45) is -7.26. The van der Waals surface area contributed by atoms with Crippen molar-refractivity contribution in [2.75, 3.05) is 0 Å². The first-order chi connectivity index (χ1) is 14.9. The summed E-state index contributed by atoms with van der Waals surface area (Å²) in [6.45, 7) is 0. The van der Waals surface area contributed by atoms with Crippen molar-refractivity contribution in [2.45, 2.75) is 31.2 Å². The number of amides is 1. The van der Waals surface area contributed by atoms with Gasteiger partial charge >= 0.3 is 12.4 Å². The van der Waals surface area contributed by atoms with Gasteiger partial charge in [-0.05, 0) is 36.6 Å². The lowest BCUT2D eigenvalue weighted by Gasteiger charge is -2.14. The average molecular weight is 455 g/mol. The van der Waals surface area contributed by atoms with E-state index in [1.807, 2.05) is 0 Å². The van der Waals surface area contributed by atoms with E-state index in [-0.39, 0.29) is 17.0 Å². The van der Waals surface area contributed by atoms with E-state index in [2.05, 4.69) is 20.4 Å². The van der Waals surface area contributed by atoms with E-state index in [0.717, 1.165) is 22.5 Å². The molecule has 1 N–H and O–H groups in total. The fourth-order valence-electron chi connectivity index (χ4n) is 3.55. The SMILES string of the molecule is Cn1nc(C(F)(F)F)cc1C(=O)NC1CCc2ccc(-c3ccnc(C(F)(F)F)c3)nc21. The second-order valence-electron chi connectivity index (χ2n) is 7.27. The van der Waals surface area contributed by atoms with Crippen LogP contribution in [0.2, 0.25) is 0 Å². The smallest absolute Gasteiger partial charge is 0.342 e. The molecule has 3 aromatic heterocycles. The van der Waals surface area contributed by atoms with Crippen molar-refractivity contribution in [1.82, 2.24) is 25.1 Å². The van der Waals surface area contributed by atoms with E-state index in [1.54, 1.807) is 12.1 Å². The van der Waals surface area contributed by atoms with Crippen molar-refractivity contribution in [3.63, 3.8) is 0 Å². The zero-order valence-corrected chi connectivity index (χ0v) is 16.4. The van der Waals surface area contributed by atoms with E-state index in [9.17, 15) is 31.1 Å². The van der Waals surface area contributed by atoms with Crippen molar-refractivity contribution in [3.8, 4) is 11.3 Å². The number of halogens is 6. The van der Waals surface area contributed by atoms with Gasteiger partial charge in [0.2, 0.25) is 0 Å². The van der Waals surface area contributed by atoms with Gasteiger partial charge in [-0.1, -0.05) is 6.07 Å². The van der Waals surface area contributed by atoms with Crippen molar-refractivity contribution >= 4 is 5.91 Å². The van der Waals surface area contributed by atoms with Crippen LogP contribution < -0.4 is 5.32 Å². The lowest BCUT2D eigenvalue weighted by atomic mass is 10.1. The van der Waals surface area contributed by atoms with Gasteiger partial charge in [0.25, 0.3) is 5.91 Å². The molecule has 168 valence electrons. The van der Waals surface area contributed by atoms with Crippen molar-refractivity contribution in [3.05, 3.63) is 64.9 Å². The van der Waals surface area contributed by atoms with Gasteiger partial charge in [-0.15, -0.1) is 0 Å². The number of hydrogen-bond acceptors (Lipinski definition) is 4. The molecule has 32 heavy (non-hydrogen) atoms. The summed E-state index contributed by atoms with van der Waals surface area (Å²) < 4.78 is 78.3. The quantitative estimate of drug-likeness (QED) is 0.597. The summed E-state index contributed by atoms with van der Waals surface area (Å²) >= 11 is 0. The molecule has 4 rings (SSSR count). The molecule has 1 amide bonds. The van der Waals surface area contributed by atoms with Crippen molar-refractivity contribution in [2.24, 2.45) is 7.05 Å². The molecule has 1 aliphatic rings. The highest BCUT2D eigenvalue weighted by Gasteiger charge is 2.36. The third-order valence-corrected chi connectivity index (χ3v) is 5.10. The number of nitrogens with zero attached hydrogens (tertiary/aromatic N) is 4. The molecular weight excluding hydrogens is 440 g/mol. The lowest BCUT2D eigenvalue weighted by molar-refractivity contribution is -0.142. The van der Waals surface area contributed by atoms with Crippen LogP contribution in [0.3, 0.4) is 0 Å². The van der Waals surface area contributed by atoms with Crippen LogP contribution in [0.1, 0.15) is 45.6 Å². The maximum Gasteiger partial charge on any atom is 0.435 e. The van der Waals surface area contributed by atoms with Crippen LogP contribution in [0, 0.1) is 0 Å². The van der Waals surface area contributed by atoms with Crippen LogP contribution in [-0.4, -0.2) is 25.7 Å². The number of alkyl halides is 6. The molecular formula is C20H15F6N5O. The maximum atomic E-state index is 13.0. The Morgan fingerprint density at radius 1 is 1.06 bits per heavy atom. The van der Waals surface area contributed by atoms with Crippen LogP contribution in [0.5, 0.6) is 0 Å². The molecule has 0 saturated carbocycles. The Labute approximate surface area is 177 Å². The molecule has 6 nitrogen and oxygen atoms in total. The van der Waals surface area contributed by atoms with Crippen molar-refractivity contribution < 1.29 is 31.1 Å². The standard InChI is InChI=1S/C20H15F6N5O/c1-31-14(9-16(30-31)20(24,25)26)18(32)29-13-5-3-10-2-4-12(28-17(10)13)11-6-7-27-15(8-11)19(21,22)23/h2,4,6-9,13H,3,5H2,1H3,(H,29,32). The predicted molar refractivity (Wildman–Crippen MR) is 99.2 cm³/mol. The molecule has 3 aromatic rings. The second kappa shape index (κ2) is 7.61. The molecule has 0 aromatic carbocycles. The first-order valence-electron chi connectivity index (χ1n) is 9.39. The highest BCUT2D eigenvalue weighted by molar-refractivity contribution is 5.93. The zero-order chi connectivity index (χ0) is 23.3. The fraction of sp³-hybridized carbons (Fsp3) is 0.300. The van der Waals surface area contributed by atoms with Gasteiger partial charge in [0.05, 0.1) is 17.4 Å². The first kappa shape index (κ1) is 21.8. The Hall–Kier alpha value is -3.44. The molecule has 0 fully saturated rings. The Morgan fingerprint density at radius 2 is 1.78 bits per heavy atom. The summed E-state index contributed by atoms with van der Waals surface area (Å²) in [5.41, 5.74) is -0.795. The molecule has 0 radical (unpaired) electrons. The van der Waals surface area contributed by atoms with Crippen molar-refractivity contribution in [1.29, 1.82) is 0 Å². The van der Waals surface area contributed by atoms with Gasteiger partial charge in [0, 0.05) is 24.9 Å². The topological polar surface area (TPSA) is 72.7 Å². The Bertz CT molecular complexity index is 1180. The summed E-state index contributed by atoms with van der Waals surface area (Å²) in [7, 11) is 1.23. The van der Waals surface area contributed by atoms with Crippen LogP contribution in [0.4, 0.5) is 26.3 Å². The second-order valence-corrected chi connectivity index (χ2v) is 7.27. The van der Waals surface area contributed by atoms with Crippen LogP contribution in [-0.2, 0) is 25.8 Å². The number of carbonyl (C=O) groups is 1. The molecule has 0 spiro atoms. The number of aromatic nitrogens is 4. The molecule has 0 aliphatic heterocycles. The summed E-state index contributed by atoms with van der Waals surface area (Å²) in [5.74, 6) is -0.760. The highest BCUT2D eigenvalue weighted by atomic mass is 19.4. The maximum absolute atomic E-state index is 13.0. The fourth-order valence-corrected chi connectivity index (χ4v) is 3.55. The zero-order valence-electron chi connectivity index (χ0n) is 16.4. The molecule has 0 bridgehead atoms. The van der Waals surface area contributed by atoms with Gasteiger partial charge < -0.3 is 5.32 Å². The van der Waals surface area contributed by atoms with E-state index >= 15 is 0 Å². The Morgan fingerprint density at radius 3 is 2.44 bits per heavy atom. The van der Waals surface area contributed by atoms with E-state index in [1.165, 1.54) is 13.1 Å². The van der Waals surface area contributed by atoms with E-state index in [0.29, 0.717) is 24.6 Å². The number of carbonyl (C=O) groups excluding carboxylic acids is 1. The Kier molecular flexibility index (Phi) is 5.18. The van der Waals surface area contributed by atoms with Gasteiger partial charge in [0.15, 0.2) is 5.69 Å². The lowest BCUT2D eigenvalue weighted by Crippen LogP contribution is -2.29. The van der Waals surface area contributed by atoms with Gasteiger partial charge in [-0.2, -0.15) is 31.4 Å². The number of aryl methyl sites for hydroxylation is 2. The summed E-state index contributed by atoms with van der Waals surface area (Å²) in [6, 6.07) is 5.61. The Balaban J connectivity index is 1.60. The molecule has 12 heteroatoms. The third-order valence-electron chi connectivity index (χ3n) is 5.10. The summed E-state index contributed by atoms with van der Waals surface area (Å²) in [4.78, 5) is 20.3. The number of pyridine rings is 2. The molecule has 1 unspecified atom stereocenters. The van der Waals surface area contributed by atoms with Gasteiger partial charge in [0.1, 0.15) is 11.4 Å². The van der Waals surface area contributed by atoms with Crippen LogP contribution >= 0.6 is 0 Å². The molecule has 1 atom stereocenters. The predicted octanol–water partition coefficient (Wildman–Crippen LogP) is 4.33. The number of nitrogens with one attached hydrogen (secondary N) is 1. The number of fused-ring (bicyclic) bond motifs is 1. The largest absolute Gasteiger partial charge is 0.435 e. The van der Waals surface area contributed by atoms with Crippen LogP contribution in [0.15, 0.2) is 36.5 Å². The molecule has 0 saturated heterocycles. The average Bonchev–Trinajstić information content (AvgIpc) is 3.30. The van der Waals surface area contributed by atoms with Gasteiger partial charge in [-0.25, -0.2) is 0 Å². The first-order valence-corrected chi connectivity index (χ1v) is 9.39. The van der Waals surface area contributed by atoms with Gasteiger partial charge in [-0.3, -0.25) is 19.4 Å². The minimum Gasteiger partial charge on any atom is -0.342 e. The normalized spacial score (nSPS) is 16.2. The highest BCUT2D eigenvalue weighted by Crippen LogP contribution is 2.34. The molecule has 1 aliphatic carbocycles. The number of rotatable bonds is 3. The third kappa shape index (κ3) is 4.16. The minimum atomic E-state index is -4.69.